The Morgan fingerprint density at radius 1 is 1.47 bits per heavy atom. The molecule has 17 heavy (non-hydrogen) atoms. The van der Waals surface area contributed by atoms with Gasteiger partial charge in [-0.1, -0.05) is 11.6 Å². The predicted molar refractivity (Wildman–Crippen MR) is 66.3 cm³/mol. The maximum absolute atomic E-state index is 10.3. The molecular weight excluding hydrogens is 260 g/mol. The number of thiophene rings is 1. The van der Waals surface area contributed by atoms with Gasteiger partial charge in [-0.15, -0.1) is 21.5 Å². The number of aromatic nitrogens is 2. The molecule has 0 fully saturated rings. The van der Waals surface area contributed by atoms with Crippen LogP contribution in [-0.4, -0.2) is 27.0 Å². The highest BCUT2D eigenvalue weighted by atomic mass is 35.5. The van der Waals surface area contributed by atoms with E-state index in [1.54, 1.807) is 17.4 Å². The van der Waals surface area contributed by atoms with Crippen LogP contribution in [0, 0.1) is 5.92 Å². The van der Waals surface area contributed by atoms with E-state index in [0.717, 1.165) is 33.5 Å². The van der Waals surface area contributed by atoms with E-state index >= 15 is 0 Å². The molecule has 0 bridgehead atoms. The third kappa shape index (κ3) is 1.74. The number of fused-ring (bicyclic) bond motifs is 3. The third-order valence-corrected chi connectivity index (χ3v) is 4.61. The van der Waals surface area contributed by atoms with Gasteiger partial charge in [0.1, 0.15) is 4.83 Å². The zero-order valence-electron chi connectivity index (χ0n) is 8.93. The molecule has 2 aromatic heterocycles. The number of rotatable bonds is 1. The van der Waals surface area contributed by atoms with Crippen LogP contribution in [-0.2, 0) is 6.42 Å². The maximum Gasteiger partial charge on any atom is 0.152 e. The van der Waals surface area contributed by atoms with Crippen molar-refractivity contribution in [1.82, 2.24) is 10.2 Å². The summed E-state index contributed by atoms with van der Waals surface area (Å²) in [6.07, 6.45) is 1.05. The topological polar surface area (TPSA) is 66.2 Å². The average molecular weight is 271 g/mol. The van der Waals surface area contributed by atoms with Crippen molar-refractivity contribution in [2.45, 2.75) is 18.9 Å². The first-order valence-electron chi connectivity index (χ1n) is 5.44. The van der Waals surface area contributed by atoms with Crippen molar-refractivity contribution in [2.24, 2.45) is 5.92 Å². The van der Waals surface area contributed by atoms with Gasteiger partial charge in [-0.2, -0.15) is 0 Å². The summed E-state index contributed by atoms with van der Waals surface area (Å²) in [6, 6.07) is 1.74. The molecule has 4 nitrogen and oxygen atoms in total. The largest absolute Gasteiger partial charge is 0.396 e. The predicted octanol–water partition coefficient (Wildman–Crippen LogP) is 1.93. The Kier molecular flexibility index (Phi) is 2.78. The zero-order chi connectivity index (χ0) is 12.0. The summed E-state index contributed by atoms with van der Waals surface area (Å²) in [4.78, 5) is 1.94. The first kappa shape index (κ1) is 11.3. The number of hydrogen-bond acceptors (Lipinski definition) is 5. The van der Waals surface area contributed by atoms with Crippen LogP contribution in [0.4, 0.5) is 0 Å². The molecule has 2 unspecified atom stereocenters. The van der Waals surface area contributed by atoms with Crippen molar-refractivity contribution < 1.29 is 10.2 Å². The number of halogens is 1. The van der Waals surface area contributed by atoms with Gasteiger partial charge in [0.2, 0.25) is 0 Å². The second-order valence-corrected chi connectivity index (χ2v) is 5.72. The summed E-state index contributed by atoms with van der Waals surface area (Å²) in [5.41, 5.74) is 0.882. The highest BCUT2D eigenvalue weighted by Gasteiger charge is 2.31. The van der Waals surface area contributed by atoms with Gasteiger partial charge in [-0.05, 0) is 18.9 Å². The van der Waals surface area contributed by atoms with Crippen LogP contribution in [0.5, 0.6) is 0 Å². The van der Waals surface area contributed by atoms with Crippen molar-refractivity contribution in [3.63, 3.8) is 0 Å². The van der Waals surface area contributed by atoms with Gasteiger partial charge < -0.3 is 10.2 Å². The summed E-state index contributed by atoms with van der Waals surface area (Å²) in [6.45, 7) is 0.00416. The SMILES string of the molecule is OCC1CCc2sc3nnc(Cl)cc3c2C1O. The van der Waals surface area contributed by atoms with Gasteiger partial charge in [0.25, 0.3) is 0 Å². The molecule has 0 aliphatic heterocycles. The van der Waals surface area contributed by atoms with Crippen molar-refractivity contribution >= 4 is 33.2 Å². The normalized spacial score (nSPS) is 23.9. The van der Waals surface area contributed by atoms with E-state index in [2.05, 4.69) is 10.2 Å². The average Bonchev–Trinajstić information content (AvgIpc) is 2.68. The molecule has 0 saturated carbocycles. The van der Waals surface area contributed by atoms with Gasteiger partial charge >= 0.3 is 0 Å². The fourth-order valence-corrected chi connectivity index (χ4v) is 3.66. The number of aryl methyl sites for hydroxylation is 1. The van der Waals surface area contributed by atoms with Gasteiger partial charge in [-0.3, -0.25) is 0 Å². The molecule has 2 heterocycles. The lowest BCUT2D eigenvalue weighted by atomic mass is 9.85. The van der Waals surface area contributed by atoms with E-state index in [-0.39, 0.29) is 12.5 Å². The van der Waals surface area contributed by atoms with Crippen LogP contribution in [0.15, 0.2) is 6.07 Å². The summed E-state index contributed by atoms with van der Waals surface area (Å²) < 4.78 is 0. The molecule has 90 valence electrons. The number of aliphatic hydroxyl groups is 2. The number of hydrogen-bond donors (Lipinski definition) is 2. The fraction of sp³-hybridized carbons (Fsp3) is 0.455. The minimum absolute atomic E-state index is 0.00416. The smallest absolute Gasteiger partial charge is 0.152 e. The summed E-state index contributed by atoms with van der Waals surface area (Å²) in [5, 5.41) is 28.5. The van der Waals surface area contributed by atoms with Crippen LogP contribution in [0.25, 0.3) is 10.2 Å². The molecule has 0 amide bonds. The van der Waals surface area contributed by atoms with Crippen molar-refractivity contribution in [3.8, 4) is 0 Å². The number of aliphatic hydroxyl groups excluding tert-OH is 2. The van der Waals surface area contributed by atoms with Crippen molar-refractivity contribution in [1.29, 1.82) is 0 Å². The third-order valence-electron chi connectivity index (χ3n) is 3.26. The molecule has 0 radical (unpaired) electrons. The van der Waals surface area contributed by atoms with Crippen molar-refractivity contribution in [3.05, 3.63) is 21.7 Å². The lowest BCUT2D eigenvalue weighted by Crippen LogP contribution is -2.22. The van der Waals surface area contributed by atoms with E-state index in [1.807, 2.05) is 0 Å². The first-order chi connectivity index (χ1) is 8.20. The minimum atomic E-state index is -0.627. The van der Waals surface area contributed by atoms with Crippen LogP contribution in [0.3, 0.4) is 0 Å². The van der Waals surface area contributed by atoms with Gasteiger partial charge in [0.15, 0.2) is 5.15 Å². The molecule has 2 N–H and O–H groups in total. The van der Waals surface area contributed by atoms with E-state index in [0.29, 0.717) is 5.15 Å². The summed E-state index contributed by atoms with van der Waals surface area (Å²) in [7, 11) is 0. The molecule has 3 rings (SSSR count). The Balaban J connectivity index is 2.21. The van der Waals surface area contributed by atoms with Crippen molar-refractivity contribution in [2.75, 3.05) is 6.61 Å². The Morgan fingerprint density at radius 3 is 3.06 bits per heavy atom. The molecular formula is C11H11ClN2O2S. The van der Waals surface area contributed by atoms with Crippen LogP contribution in [0.2, 0.25) is 5.15 Å². The minimum Gasteiger partial charge on any atom is -0.396 e. The van der Waals surface area contributed by atoms with E-state index in [9.17, 15) is 10.2 Å². The Bertz CT molecular complexity index is 572. The second kappa shape index (κ2) is 4.17. The monoisotopic (exact) mass is 270 g/mol. The van der Waals surface area contributed by atoms with Crippen LogP contribution < -0.4 is 0 Å². The maximum atomic E-state index is 10.3. The molecule has 1 aliphatic rings. The number of nitrogens with zero attached hydrogens (tertiary/aromatic N) is 2. The van der Waals surface area contributed by atoms with Crippen LogP contribution >= 0.6 is 22.9 Å². The standard InChI is InChI=1S/C11H11ClN2O2S/c12-8-3-6-9-7(17-11(6)14-13-8)2-1-5(4-15)10(9)16/h3,5,10,15-16H,1-2,4H2. The van der Waals surface area contributed by atoms with E-state index in [1.165, 1.54) is 0 Å². The van der Waals surface area contributed by atoms with Gasteiger partial charge in [0, 0.05) is 28.4 Å². The molecule has 0 saturated heterocycles. The molecule has 0 aromatic carbocycles. The first-order valence-corrected chi connectivity index (χ1v) is 6.63. The lowest BCUT2D eigenvalue weighted by Gasteiger charge is -2.26. The second-order valence-electron chi connectivity index (χ2n) is 4.25. The fourth-order valence-electron chi connectivity index (χ4n) is 2.36. The molecule has 2 aromatic rings. The zero-order valence-corrected chi connectivity index (χ0v) is 10.5. The van der Waals surface area contributed by atoms with Gasteiger partial charge in [-0.25, -0.2) is 0 Å². The molecule has 1 aliphatic carbocycles. The van der Waals surface area contributed by atoms with E-state index in [4.69, 9.17) is 11.6 Å². The Labute approximate surface area is 107 Å². The summed E-state index contributed by atoms with van der Waals surface area (Å²) >= 11 is 7.39. The van der Waals surface area contributed by atoms with Gasteiger partial charge in [0.05, 0.1) is 6.10 Å². The van der Waals surface area contributed by atoms with E-state index < -0.39 is 6.10 Å². The quantitative estimate of drug-likeness (QED) is 0.831. The lowest BCUT2D eigenvalue weighted by molar-refractivity contribution is 0.0562. The molecule has 0 spiro atoms. The highest BCUT2D eigenvalue weighted by molar-refractivity contribution is 7.18. The Hall–Kier alpha value is -0.750. The Morgan fingerprint density at radius 2 is 2.29 bits per heavy atom. The molecule has 2 atom stereocenters. The molecule has 6 heteroatoms. The summed E-state index contributed by atoms with van der Waals surface area (Å²) in [5.74, 6) is -0.0905. The van der Waals surface area contributed by atoms with Crippen LogP contribution in [0.1, 0.15) is 23.0 Å². The highest BCUT2D eigenvalue weighted by Crippen LogP contribution is 2.43.